The zero-order valence-electron chi connectivity index (χ0n) is 20.2. The van der Waals surface area contributed by atoms with E-state index in [0.717, 1.165) is 30.5 Å². The minimum atomic E-state index is -4.33. The standard InChI is InChI=1S/C25H30F3N5O3/c1-30(13-17-2-4-21(5-3-17)25(26,27)28)22-10-18-14-32(15-19(18)11-22)24(35)33-16-20(12-29-33)23(34)31-6-8-36-9-7-31/h2-5,12,16,18-19,22H,6-11,13-15H2,1H3/t18-,19+,22+. The van der Waals surface area contributed by atoms with E-state index >= 15 is 0 Å². The van der Waals surface area contributed by atoms with Crippen molar-refractivity contribution in [2.45, 2.75) is 31.6 Å². The number of aromatic nitrogens is 2. The number of likely N-dealkylation sites (tertiary alicyclic amines) is 1. The van der Waals surface area contributed by atoms with E-state index in [0.29, 0.717) is 69.4 Å². The quantitative estimate of drug-likeness (QED) is 0.639. The van der Waals surface area contributed by atoms with Crippen molar-refractivity contribution in [2.75, 3.05) is 46.4 Å². The molecule has 1 aliphatic carbocycles. The van der Waals surface area contributed by atoms with Crippen molar-refractivity contribution in [2.24, 2.45) is 11.8 Å². The highest BCUT2D eigenvalue weighted by Gasteiger charge is 2.44. The summed E-state index contributed by atoms with van der Waals surface area (Å²) in [6, 6.07) is 5.44. The zero-order chi connectivity index (χ0) is 25.4. The molecule has 2 aliphatic heterocycles. The molecule has 0 unspecified atom stereocenters. The van der Waals surface area contributed by atoms with Gasteiger partial charge in [-0.25, -0.2) is 4.79 Å². The summed E-state index contributed by atoms with van der Waals surface area (Å²) in [6.07, 6.45) is 0.497. The molecule has 3 heterocycles. The molecule has 2 aromatic rings. The molecule has 2 saturated heterocycles. The van der Waals surface area contributed by atoms with Crippen molar-refractivity contribution >= 4 is 11.9 Å². The van der Waals surface area contributed by atoms with Gasteiger partial charge < -0.3 is 14.5 Å². The normalized spacial score (nSPS) is 24.4. The van der Waals surface area contributed by atoms with E-state index in [2.05, 4.69) is 10.00 Å². The van der Waals surface area contributed by atoms with Crippen molar-refractivity contribution < 1.29 is 27.5 Å². The summed E-state index contributed by atoms with van der Waals surface area (Å²) < 4.78 is 45.0. The topological polar surface area (TPSA) is 70.9 Å². The molecule has 0 spiro atoms. The number of amides is 2. The van der Waals surface area contributed by atoms with Crippen molar-refractivity contribution in [1.82, 2.24) is 24.5 Å². The molecule has 36 heavy (non-hydrogen) atoms. The average molecular weight is 506 g/mol. The predicted molar refractivity (Wildman–Crippen MR) is 124 cm³/mol. The monoisotopic (exact) mass is 505 g/mol. The first-order valence-corrected chi connectivity index (χ1v) is 12.3. The van der Waals surface area contributed by atoms with Crippen LogP contribution >= 0.6 is 0 Å². The molecular weight excluding hydrogens is 475 g/mol. The molecule has 3 aliphatic rings. The highest BCUT2D eigenvalue weighted by molar-refractivity contribution is 5.94. The number of halogens is 3. The van der Waals surface area contributed by atoms with Gasteiger partial charge in [-0.1, -0.05) is 12.1 Å². The second kappa shape index (κ2) is 9.85. The van der Waals surface area contributed by atoms with Crippen molar-refractivity contribution in [3.8, 4) is 0 Å². The maximum absolute atomic E-state index is 13.0. The van der Waals surface area contributed by atoms with Gasteiger partial charge in [0.1, 0.15) is 0 Å². The number of nitrogens with zero attached hydrogens (tertiary/aromatic N) is 5. The van der Waals surface area contributed by atoms with Gasteiger partial charge in [0.15, 0.2) is 0 Å². The highest BCUT2D eigenvalue weighted by atomic mass is 19.4. The van der Waals surface area contributed by atoms with Crippen LogP contribution in [0.25, 0.3) is 0 Å². The number of hydrogen-bond acceptors (Lipinski definition) is 5. The van der Waals surface area contributed by atoms with Crippen LogP contribution in [0.2, 0.25) is 0 Å². The van der Waals surface area contributed by atoms with Crippen LogP contribution < -0.4 is 0 Å². The van der Waals surface area contributed by atoms with Gasteiger partial charge in [-0.15, -0.1) is 0 Å². The Labute approximate surface area is 207 Å². The van der Waals surface area contributed by atoms with Gasteiger partial charge in [-0.05, 0) is 49.4 Å². The number of morpholine rings is 1. The van der Waals surface area contributed by atoms with E-state index in [1.807, 2.05) is 7.05 Å². The van der Waals surface area contributed by atoms with E-state index in [-0.39, 0.29) is 11.9 Å². The lowest BCUT2D eigenvalue weighted by atomic mass is 10.0. The largest absolute Gasteiger partial charge is 0.416 e. The highest BCUT2D eigenvalue weighted by Crippen LogP contribution is 2.40. The Kier molecular flexibility index (Phi) is 6.78. The number of carbonyl (C=O) groups excluding carboxylic acids is 2. The van der Waals surface area contributed by atoms with Crippen LogP contribution in [0.1, 0.15) is 34.3 Å². The summed E-state index contributed by atoms with van der Waals surface area (Å²) in [5.41, 5.74) is 0.610. The molecule has 8 nitrogen and oxygen atoms in total. The summed E-state index contributed by atoms with van der Waals surface area (Å²) in [6.45, 7) is 3.94. The Morgan fingerprint density at radius 2 is 1.69 bits per heavy atom. The Hall–Kier alpha value is -2.92. The van der Waals surface area contributed by atoms with E-state index in [4.69, 9.17) is 4.74 Å². The van der Waals surface area contributed by atoms with Gasteiger partial charge in [0.05, 0.1) is 30.5 Å². The predicted octanol–water partition coefficient (Wildman–Crippen LogP) is 3.18. The van der Waals surface area contributed by atoms with Crippen LogP contribution in [-0.2, 0) is 17.5 Å². The summed E-state index contributed by atoms with van der Waals surface area (Å²) in [4.78, 5) is 31.4. The van der Waals surface area contributed by atoms with E-state index in [9.17, 15) is 22.8 Å². The number of hydrogen-bond donors (Lipinski definition) is 0. The van der Waals surface area contributed by atoms with E-state index in [1.54, 1.807) is 9.80 Å². The molecule has 0 N–H and O–H groups in total. The molecular formula is C25H30F3N5O3. The fourth-order valence-electron chi connectivity index (χ4n) is 5.63. The Bertz CT molecular complexity index is 1080. The molecule has 11 heteroatoms. The Morgan fingerprint density at radius 3 is 2.31 bits per heavy atom. The Morgan fingerprint density at radius 1 is 1.06 bits per heavy atom. The minimum Gasteiger partial charge on any atom is -0.378 e. The molecule has 3 atom stereocenters. The van der Waals surface area contributed by atoms with Crippen LogP contribution in [0.15, 0.2) is 36.7 Å². The molecule has 0 bridgehead atoms. The van der Waals surface area contributed by atoms with Gasteiger partial charge in [-0.3, -0.25) is 9.69 Å². The SMILES string of the molecule is CN(Cc1ccc(C(F)(F)F)cc1)[C@H]1C[C@@H]2CN(C(=O)n3cc(C(=O)N4CCOCC4)cn3)C[C@@H]2C1. The van der Waals surface area contributed by atoms with Crippen LogP contribution in [0.3, 0.4) is 0 Å². The van der Waals surface area contributed by atoms with Gasteiger partial charge in [0.25, 0.3) is 5.91 Å². The summed E-state index contributed by atoms with van der Waals surface area (Å²) in [5.74, 6) is 0.604. The van der Waals surface area contributed by atoms with Gasteiger partial charge in [-0.2, -0.15) is 23.0 Å². The lowest BCUT2D eigenvalue weighted by Crippen LogP contribution is -2.40. The first kappa shape index (κ1) is 24.8. The molecule has 1 aromatic carbocycles. The maximum atomic E-state index is 13.0. The van der Waals surface area contributed by atoms with Gasteiger partial charge in [0.2, 0.25) is 0 Å². The third-order valence-corrected chi connectivity index (χ3v) is 7.66. The van der Waals surface area contributed by atoms with E-state index in [1.165, 1.54) is 29.2 Å². The van der Waals surface area contributed by atoms with Crippen molar-refractivity contribution in [3.63, 3.8) is 0 Å². The number of ether oxygens (including phenoxy) is 1. The lowest BCUT2D eigenvalue weighted by Gasteiger charge is -2.26. The number of rotatable bonds is 4. The third kappa shape index (κ3) is 5.12. The molecule has 1 saturated carbocycles. The van der Waals surface area contributed by atoms with Crippen molar-refractivity contribution in [3.05, 3.63) is 53.3 Å². The molecule has 2 amide bonds. The maximum Gasteiger partial charge on any atom is 0.416 e. The number of fused-ring (bicyclic) bond motifs is 1. The van der Waals surface area contributed by atoms with Crippen molar-refractivity contribution in [1.29, 1.82) is 0 Å². The molecule has 1 aromatic heterocycles. The number of carbonyl (C=O) groups is 2. The second-order valence-electron chi connectivity index (χ2n) is 10.0. The summed E-state index contributed by atoms with van der Waals surface area (Å²) >= 11 is 0. The number of alkyl halides is 3. The Balaban J connectivity index is 1.13. The second-order valence-corrected chi connectivity index (χ2v) is 10.0. The van der Waals surface area contributed by atoms with Gasteiger partial charge in [0, 0.05) is 45.0 Å². The average Bonchev–Trinajstić information content (AvgIpc) is 3.59. The fraction of sp³-hybridized carbons (Fsp3) is 0.560. The first-order chi connectivity index (χ1) is 17.2. The first-order valence-electron chi connectivity index (χ1n) is 12.3. The number of benzene rings is 1. The minimum absolute atomic E-state index is 0.144. The summed E-state index contributed by atoms with van der Waals surface area (Å²) in [5, 5.41) is 4.15. The smallest absolute Gasteiger partial charge is 0.378 e. The van der Waals surface area contributed by atoms with Crippen LogP contribution in [-0.4, -0.2) is 88.9 Å². The van der Waals surface area contributed by atoms with Crippen LogP contribution in [0.5, 0.6) is 0 Å². The fourth-order valence-corrected chi connectivity index (χ4v) is 5.63. The van der Waals surface area contributed by atoms with Gasteiger partial charge >= 0.3 is 12.2 Å². The zero-order valence-corrected chi connectivity index (χ0v) is 20.2. The van der Waals surface area contributed by atoms with Crippen LogP contribution in [0, 0.1) is 11.8 Å². The summed E-state index contributed by atoms with van der Waals surface area (Å²) in [7, 11) is 2.00. The molecule has 194 valence electrons. The van der Waals surface area contributed by atoms with Crippen LogP contribution in [0.4, 0.5) is 18.0 Å². The molecule has 0 radical (unpaired) electrons. The molecule has 5 rings (SSSR count). The molecule has 3 fully saturated rings. The van der Waals surface area contributed by atoms with E-state index < -0.39 is 11.7 Å². The third-order valence-electron chi connectivity index (χ3n) is 7.66. The lowest BCUT2D eigenvalue weighted by molar-refractivity contribution is -0.137.